The molecule has 0 saturated heterocycles. The molecule has 0 fully saturated rings. The number of hydrogen-bond acceptors (Lipinski definition) is 2. The summed E-state index contributed by atoms with van der Waals surface area (Å²) in [6.45, 7) is 2.09. The molecule has 1 heterocycles. The Morgan fingerprint density at radius 2 is 1.89 bits per heavy atom. The van der Waals surface area contributed by atoms with Crippen molar-refractivity contribution in [2.24, 2.45) is 0 Å². The second-order valence-electron chi connectivity index (χ2n) is 4.85. The van der Waals surface area contributed by atoms with Crippen molar-refractivity contribution in [3.63, 3.8) is 0 Å². The van der Waals surface area contributed by atoms with Crippen molar-refractivity contribution in [2.75, 3.05) is 5.73 Å². The van der Waals surface area contributed by atoms with Crippen molar-refractivity contribution in [3.05, 3.63) is 59.4 Å². The largest absolute Gasteiger partial charge is 0.399 e. The van der Waals surface area contributed by atoms with Gasteiger partial charge in [-0.15, -0.1) is 0 Å². The highest BCUT2D eigenvalue weighted by atomic mass is 14.9. The van der Waals surface area contributed by atoms with Crippen molar-refractivity contribution in [3.8, 4) is 0 Å². The Hall–Kier alpha value is -2.29. The van der Waals surface area contributed by atoms with Gasteiger partial charge in [0.15, 0.2) is 0 Å². The van der Waals surface area contributed by atoms with Gasteiger partial charge in [0.25, 0.3) is 0 Å². The Kier molecular flexibility index (Phi) is 2.95. The maximum Gasteiger partial charge on any atom is 0.107 e. The molecule has 3 rings (SSSR count). The van der Waals surface area contributed by atoms with E-state index in [0.717, 1.165) is 35.4 Å². The van der Waals surface area contributed by atoms with E-state index >= 15 is 0 Å². The van der Waals surface area contributed by atoms with Gasteiger partial charge in [-0.2, -0.15) is 0 Å². The molecule has 2 aromatic carbocycles. The third kappa shape index (κ3) is 2.32. The van der Waals surface area contributed by atoms with Crippen LogP contribution in [-0.4, -0.2) is 9.97 Å². The van der Waals surface area contributed by atoms with Crippen LogP contribution in [0.15, 0.2) is 42.5 Å². The van der Waals surface area contributed by atoms with E-state index in [1.54, 1.807) is 0 Å². The molecule has 3 aromatic rings. The third-order valence-electron chi connectivity index (χ3n) is 3.45. The minimum atomic E-state index is 0.856. The van der Waals surface area contributed by atoms with Crippen LogP contribution in [0.1, 0.15) is 17.0 Å². The lowest BCUT2D eigenvalue weighted by atomic mass is 10.1. The number of imidazole rings is 1. The van der Waals surface area contributed by atoms with E-state index < -0.39 is 0 Å². The molecule has 0 unspecified atom stereocenters. The van der Waals surface area contributed by atoms with Crippen LogP contribution in [-0.2, 0) is 12.8 Å². The molecule has 3 N–H and O–H groups in total. The topological polar surface area (TPSA) is 54.7 Å². The highest BCUT2D eigenvalue weighted by Gasteiger charge is 2.05. The van der Waals surface area contributed by atoms with Crippen LogP contribution < -0.4 is 5.73 Å². The lowest BCUT2D eigenvalue weighted by Gasteiger charge is -2.03. The molecular formula is C16H17N3. The molecule has 19 heavy (non-hydrogen) atoms. The maximum atomic E-state index is 5.95. The fraction of sp³-hybridized carbons (Fsp3) is 0.188. The molecule has 3 heteroatoms. The number of aryl methyl sites for hydroxylation is 3. The van der Waals surface area contributed by atoms with E-state index in [1.165, 1.54) is 11.1 Å². The summed E-state index contributed by atoms with van der Waals surface area (Å²) in [6, 6.07) is 14.2. The minimum absolute atomic E-state index is 0.856. The van der Waals surface area contributed by atoms with E-state index in [0.29, 0.717) is 0 Å². The van der Waals surface area contributed by atoms with E-state index in [2.05, 4.69) is 41.2 Å². The van der Waals surface area contributed by atoms with Crippen molar-refractivity contribution >= 4 is 16.7 Å². The number of nitrogens with two attached hydrogens (primary N) is 1. The van der Waals surface area contributed by atoms with E-state index in [1.807, 2.05) is 18.2 Å². The molecule has 0 radical (unpaired) electrons. The first kappa shape index (κ1) is 11.8. The molecule has 3 nitrogen and oxygen atoms in total. The van der Waals surface area contributed by atoms with E-state index in [-0.39, 0.29) is 0 Å². The molecular weight excluding hydrogens is 234 g/mol. The highest BCUT2D eigenvalue weighted by molar-refractivity contribution is 5.78. The summed E-state index contributed by atoms with van der Waals surface area (Å²) in [5.41, 5.74) is 11.4. The number of fused-ring (bicyclic) bond motifs is 1. The first-order valence-electron chi connectivity index (χ1n) is 6.51. The van der Waals surface area contributed by atoms with Crippen molar-refractivity contribution in [1.29, 1.82) is 0 Å². The Balaban J connectivity index is 1.83. The lowest BCUT2D eigenvalue weighted by Crippen LogP contribution is -1.97. The summed E-state index contributed by atoms with van der Waals surface area (Å²) in [6.07, 6.45) is 1.79. The number of nitrogens with one attached hydrogen (secondary N) is 1. The summed E-state index contributed by atoms with van der Waals surface area (Å²) < 4.78 is 0. The van der Waals surface area contributed by atoms with E-state index in [9.17, 15) is 0 Å². The van der Waals surface area contributed by atoms with Crippen LogP contribution in [0.2, 0.25) is 0 Å². The number of rotatable bonds is 3. The number of aromatic amines is 1. The van der Waals surface area contributed by atoms with Gasteiger partial charge in [0.2, 0.25) is 0 Å². The van der Waals surface area contributed by atoms with E-state index in [4.69, 9.17) is 5.73 Å². The third-order valence-corrected chi connectivity index (χ3v) is 3.45. The second-order valence-corrected chi connectivity index (χ2v) is 4.85. The summed E-state index contributed by atoms with van der Waals surface area (Å²) in [7, 11) is 0. The average Bonchev–Trinajstić information content (AvgIpc) is 2.82. The molecule has 0 bridgehead atoms. The fourth-order valence-electron chi connectivity index (χ4n) is 2.36. The zero-order valence-electron chi connectivity index (χ0n) is 11.0. The van der Waals surface area contributed by atoms with Crippen molar-refractivity contribution in [1.82, 2.24) is 9.97 Å². The summed E-state index contributed by atoms with van der Waals surface area (Å²) >= 11 is 0. The SMILES string of the molecule is Cc1cccc2[nH]c(CCc3ccccc3N)nc12. The molecule has 1 aromatic heterocycles. The van der Waals surface area contributed by atoms with Gasteiger partial charge in [-0.3, -0.25) is 0 Å². The van der Waals surface area contributed by atoms with Crippen LogP contribution in [0.25, 0.3) is 11.0 Å². The molecule has 0 atom stereocenters. The summed E-state index contributed by atoms with van der Waals surface area (Å²) in [5.74, 6) is 1.02. The van der Waals surface area contributed by atoms with Gasteiger partial charge in [-0.25, -0.2) is 4.98 Å². The first-order chi connectivity index (χ1) is 9.24. The van der Waals surface area contributed by atoms with Gasteiger partial charge < -0.3 is 10.7 Å². The number of para-hydroxylation sites is 2. The Labute approximate surface area is 112 Å². The molecule has 0 saturated carbocycles. The molecule has 0 aliphatic heterocycles. The predicted octanol–water partition coefficient (Wildman–Crippen LogP) is 3.24. The number of benzene rings is 2. The highest BCUT2D eigenvalue weighted by Crippen LogP contribution is 2.17. The molecule has 0 aliphatic carbocycles. The smallest absolute Gasteiger partial charge is 0.107 e. The monoisotopic (exact) mass is 251 g/mol. The van der Waals surface area contributed by atoms with Crippen LogP contribution in [0.3, 0.4) is 0 Å². The normalized spacial score (nSPS) is 11.0. The van der Waals surface area contributed by atoms with Gasteiger partial charge in [-0.1, -0.05) is 30.3 Å². The molecule has 96 valence electrons. The van der Waals surface area contributed by atoms with Gasteiger partial charge in [0.05, 0.1) is 11.0 Å². The lowest BCUT2D eigenvalue weighted by molar-refractivity contribution is 0.892. The first-order valence-corrected chi connectivity index (χ1v) is 6.51. The Morgan fingerprint density at radius 1 is 1.05 bits per heavy atom. The second kappa shape index (κ2) is 4.76. The Morgan fingerprint density at radius 3 is 2.68 bits per heavy atom. The minimum Gasteiger partial charge on any atom is -0.399 e. The number of nitrogens with zero attached hydrogens (tertiary/aromatic N) is 1. The van der Waals surface area contributed by atoms with Gasteiger partial charge in [-0.05, 0) is 36.6 Å². The number of aromatic nitrogens is 2. The molecule has 0 aliphatic rings. The zero-order valence-corrected chi connectivity index (χ0v) is 11.0. The van der Waals surface area contributed by atoms with Crippen LogP contribution >= 0.6 is 0 Å². The van der Waals surface area contributed by atoms with Gasteiger partial charge in [0, 0.05) is 12.1 Å². The molecule has 0 amide bonds. The number of H-pyrrole nitrogens is 1. The van der Waals surface area contributed by atoms with Crippen molar-refractivity contribution in [2.45, 2.75) is 19.8 Å². The van der Waals surface area contributed by atoms with Crippen LogP contribution in [0.4, 0.5) is 5.69 Å². The predicted molar refractivity (Wildman–Crippen MR) is 79.1 cm³/mol. The fourth-order valence-corrected chi connectivity index (χ4v) is 2.36. The number of hydrogen-bond donors (Lipinski definition) is 2. The standard InChI is InChI=1S/C16H17N3/c1-11-5-4-8-14-16(11)19-15(18-14)10-9-12-6-2-3-7-13(12)17/h2-8H,9-10,17H2,1H3,(H,18,19). The van der Waals surface area contributed by atoms with Crippen molar-refractivity contribution < 1.29 is 0 Å². The van der Waals surface area contributed by atoms with Crippen LogP contribution in [0, 0.1) is 6.92 Å². The zero-order chi connectivity index (χ0) is 13.2. The Bertz CT molecular complexity index is 713. The average molecular weight is 251 g/mol. The molecule has 0 spiro atoms. The quantitative estimate of drug-likeness (QED) is 0.702. The number of nitrogen functional groups attached to an aromatic ring is 1. The number of anilines is 1. The maximum absolute atomic E-state index is 5.95. The van der Waals surface area contributed by atoms with Gasteiger partial charge >= 0.3 is 0 Å². The van der Waals surface area contributed by atoms with Gasteiger partial charge in [0.1, 0.15) is 5.82 Å². The van der Waals surface area contributed by atoms with Crippen LogP contribution in [0.5, 0.6) is 0 Å². The summed E-state index contributed by atoms with van der Waals surface area (Å²) in [5, 5.41) is 0. The summed E-state index contributed by atoms with van der Waals surface area (Å²) in [4.78, 5) is 8.03.